The van der Waals surface area contributed by atoms with Crippen LogP contribution in [0.5, 0.6) is 0 Å². The summed E-state index contributed by atoms with van der Waals surface area (Å²) in [5, 5.41) is 18.2. The van der Waals surface area contributed by atoms with Crippen molar-refractivity contribution in [2.24, 2.45) is 15.0 Å². The first-order valence-electron chi connectivity index (χ1n) is 13.4. The topological polar surface area (TPSA) is 103 Å². The van der Waals surface area contributed by atoms with E-state index in [-0.39, 0.29) is 38.0 Å². The van der Waals surface area contributed by atoms with Gasteiger partial charge in [-0.3, -0.25) is 5.32 Å². The second kappa shape index (κ2) is 9.23. The van der Waals surface area contributed by atoms with E-state index in [2.05, 4.69) is 81.6 Å². The number of H-pyrrole nitrogens is 1. The van der Waals surface area contributed by atoms with E-state index < -0.39 is 0 Å². The maximum atomic E-state index is 5.18. The van der Waals surface area contributed by atoms with Crippen molar-refractivity contribution >= 4 is 39.9 Å². The van der Waals surface area contributed by atoms with Gasteiger partial charge < -0.3 is 25.9 Å². The van der Waals surface area contributed by atoms with E-state index in [0.717, 1.165) is 67.5 Å². The van der Waals surface area contributed by atoms with Gasteiger partial charge >= 0.3 is 0 Å². The summed E-state index contributed by atoms with van der Waals surface area (Å²) in [6.45, 7) is 0. The molecule has 1 aromatic heterocycles. The third-order valence-corrected chi connectivity index (χ3v) is 8.04. The fourth-order valence-corrected chi connectivity index (χ4v) is 6.17. The smallest absolute Gasteiger partial charge is 0.164 e. The number of anilines is 1. The zero-order valence-electron chi connectivity index (χ0n) is 22.0. The number of aromatic amines is 1. The average molecular weight is 585 g/mol. The van der Waals surface area contributed by atoms with Gasteiger partial charge in [0.15, 0.2) is 5.84 Å². The van der Waals surface area contributed by atoms with E-state index in [1.165, 1.54) is 0 Å². The predicted octanol–water partition coefficient (Wildman–Crippen LogP) is 6.15. The van der Waals surface area contributed by atoms with Crippen molar-refractivity contribution in [3.63, 3.8) is 0 Å². The van der Waals surface area contributed by atoms with Crippen LogP contribution in [0.25, 0.3) is 16.1 Å². The standard InChI is InChI=1S/C32H23N8.Zn/c1-2-10-18-17(9-1)25-33-26(18)38-28-21-13-5-6-14-22(21)30(35-28)40-32-24-16-8-7-15-23(24)31(36-32)39-29-20-12-4-3-11-19(20)27(34-29)37-25;/h1-16,25-26,29,33,35,38H,(H-,34,36,37,39,40);/q-1;. The number of hydrogen-bond acceptors (Lipinski definition) is 6. The van der Waals surface area contributed by atoms with Crippen LogP contribution in [0.4, 0.5) is 11.6 Å². The van der Waals surface area contributed by atoms with Crippen LogP contribution in [0.15, 0.2) is 112 Å². The van der Waals surface area contributed by atoms with Crippen molar-refractivity contribution in [1.29, 1.82) is 0 Å². The molecule has 4 aliphatic rings. The van der Waals surface area contributed by atoms with Gasteiger partial charge in [0.05, 0.1) is 6.17 Å². The molecule has 4 aromatic carbocycles. The Bertz CT molecular complexity index is 1950. The molecule has 0 fully saturated rings. The zero-order valence-corrected chi connectivity index (χ0v) is 24.9. The number of hydrogen-bond donors (Lipinski definition) is 4. The fourth-order valence-electron chi connectivity index (χ4n) is 6.17. The number of amidine groups is 3. The predicted molar refractivity (Wildman–Crippen MR) is 158 cm³/mol. The molecule has 8 nitrogen and oxygen atoms in total. The van der Waals surface area contributed by atoms with Gasteiger partial charge in [-0.1, -0.05) is 103 Å². The van der Waals surface area contributed by atoms with Gasteiger partial charge in [-0.25, -0.2) is 9.98 Å². The van der Waals surface area contributed by atoms with Crippen molar-refractivity contribution in [3.8, 4) is 0 Å². The second-order valence-electron chi connectivity index (χ2n) is 10.3. The van der Waals surface area contributed by atoms with E-state index in [9.17, 15) is 0 Å². The fraction of sp³-hybridized carbons (Fsp3) is 0.0938. The van der Waals surface area contributed by atoms with Crippen LogP contribution in [0, 0.1) is 0 Å². The molecule has 8 bridgehead atoms. The van der Waals surface area contributed by atoms with E-state index in [1.54, 1.807) is 0 Å². The van der Waals surface area contributed by atoms with Gasteiger partial charge in [0, 0.05) is 47.5 Å². The average Bonchev–Trinajstić information content (AvgIpc) is 3.73. The monoisotopic (exact) mass is 583 g/mol. The van der Waals surface area contributed by atoms with Gasteiger partial charge in [0.1, 0.15) is 23.6 Å². The van der Waals surface area contributed by atoms with Crippen molar-refractivity contribution < 1.29 is 19.5 Å². The first kappa shape index (κ1) is 24.2. The number of nitrogens with one attached hydrogen (secondary N) is 4. The van der Waals surface area contributed by atoms with Crippen LogP contribution in [-0.2, 0) is 19.5 Å². The molecule has 4 N–H and O–H groups in total. The van der Waals surface area contributed by atoms with E-state index >= 15 is 0 Å². The van der Waals surface area contributed by atoms with Crippen molar-refractivity contribution in [3.05, 3.63) is 136 Å². The number of nitrogens with zero attached hydrogens (tertiary/aromatic N) is 4. The first-order valence-corrected chi connectivity index (χ1v) is 13.4. The summed E-state index contributed by atoms with van der Waals surface area (Å²) in [4.78, 5) is 18.8. The summed E-state index contributed by atoms with van der Waals surface area (Å²) >= 11 is 0. The molecule has 5 heterocycles. The largest absolute Gasteiger partial charge is 0.445 e. The molecule has 0 saturated heterocycles. The molecule has 4 aliphatic heterocycles. The number of rotatable bonds is 0. The third kappa shape index (κ3) is 3.70. The van der Waals surface area contributed by atoms with Crippen molar-refractivity contribution in [1.82, 2.24) is 15.6 Å². The van der Waals surface area contributed by atoms with Gasteiger partial charge in [-0.2, -0.15) is 0 Å². The number of benzene rings is 4. The van der Waals surface area contributed by atoms with Crippen molar-refractivity contribution in [2.75, 3.05) is 5.32 Å². The number of aromatic nitrogens is 1. The molecular formula is C32H23N8Zn-. The Morgan fingerprint density at radius 3 is 2.17 bits per heavy atom. The molecule has 194 valence electrons. The molecule has 5 aromatic rings. The molecule has 9 heteroatoms. The Hall–Kier alpha value is -4.59. The summed E-state index contributed by atoms with van der Waals surface area (Å²) in [6.07, 6.45) is -0.706. The Morgan fingerprint density at radius 1 is 0.634 bits per heavy atom. The minimum atomic E-state index is -0.308. The van der Waals surface area contributed by atoms with E-state index in [4.69, 9.17) is 20.3 Å². The van der Waals surface area contributed by atoms with Gasteiger partial charge in [0.2, 0.25) is 0 Å². The molecule has 0 saturated carbocycles. The number of fused-ring (bicyclic) bond motifs is 19. The van der Waals surface area contributed by atoms with Crippen LogP contribution in [0.1, 0.15) is 51.9 Å². The summed E-state index contributed by atoms with van der Waals surface area (Å²) in [7, 11) is 0. The molecule has 0 spiro atoms. The van der Waals surface area contributed by atoms with Crippen LogP contribution < -0.4 is 16.0 Å². The summed E-state index contributed by atoms with van der Waals surface area (Å²) in [5.74, 6) is 3.80. The Balaban J connectivity index is 0.00000256. The maximum Gasteiger partial charge on any atom is 0.164 e. The van der Waals surface area contributed by atoms with Crippen LogP contribution >= 0.6 is 0 Å². The van der Waals surface area contributed by atoms with Crippen LogP contribution in [0.3, 0.4) is 0 Å². The third-order valence-electron chi connectivity index (χ3n) is 8.04. The minimum absolute atomic E-state index is 0. The molecule has 41 heavy (non-hydrogen) atoms. The molecular weight excluding hydrogens is 562 g/mol. The normalized spacial score (nSPS) is 23.7. The Labute approximate surface area is 248 Å². The van der Waals surface area contributed by atoms with Gasteiger partial charge in [0.25, 0.3) is 0 Å². The summed E-state index contributed by atoms with van der Waals surface area (Å²) < 4.78 is 0. The van der Waals surface area contributed by atoms with Crippen molar-refractivity contribution in [2.45, 2.75) is 18.5 Å². The molecule has 9 rings (SSSR count). The van der Waals surface area contributed by atoms with Gasteiger partial charge in [-0.05, 0) is 22.3 Å². The molecule has 0 radical (unpaired) electrons. The molecule has 3 unspecified atom stereocenters. The zero-order chi connectivity index (χ0) is 26.2. The quantitative estimate of drug-likeness (QED) is 0.164. The van der Waals surface area contributed by atoms with Gasteiger partial charge in [-0.15, -0.1) is 0 Å². The van der Waals surface area contributed by atoms with E-state index in [0.29, 0.717) is 5.84 Å². The second-order valence-corrected chi connectivity index (χ2v) is 10.3. The minimum Gasteiger partial charge on any atom is -0.445 e. The SMILES string of the molecule is [Zn].c1ccc2c(c1)C1=N/C2=N\c2[nH]c(c3ccccc23)NC2NC(/N=C3\[N-]C(N1)c1ccccc13)c1ccccc12. The summed E-state index contributed by atoms with van der Waals surface area (Å²) in [5.41, 5.74) is 6.39. The van der Waals surface area contributed by atoms with E-state index in [1.807, 2.05) is 36.4 Å². The molecule has 0 aliphatic carbocycles. The molecule has 3 atom stereocenters. The number of aliphatic imine (C=N–C) groups is 3. The first-order chi connectivity index (χ1) is 19.8. The Morgan fingerprint density at radius 2 is 1.32 bits per heavy atom. The Kier molecular flexibility index (Phi) is 5.45. The van der Waals surface area contributed by atoms with Crippen LogP contribution in [0.2, 0.25) is 0 Å². The maximum absolute atomic E-state index is 5.18. The van der Waals surface area contributed by atoms with Crippen LogP contribution in [-0.4, -0.2) is 22.5 Å². The molecule has 0 amide bonds. The summed E-state index contributed by atoms with van der Waals surface area (Å²) in [6, 6.07) is 33.2.